The number of carbonyl (C=O) groups is 1. The van der Waals surface area contributed by atoms with Crippen LogP contribution in [0.15, 0.2) is 18.2 Å². The van der Waals surface area contributed by atoms with Gasteiger partial charge in [-0.25, -0.2) is 0 Å². The lowest BCUT2D eigenvalue weighted by atomic mass is 10.2. The van der Waals surface area contributed by atoms with E-state index in [1.165, 1.54) is 31.0 Å². The summed E-state index contributed by atoms with van der Waals surface area (Å²) in [7, 11) is 1.43. The molecule has 1 aromatic rings. The monoisotopic (exact) mass is 369 g/mol. The molecule has 130 valence electrons. The van der Waals surface area contributed by atoms with E-state index in [1.807, 2.05) is 0 Å². The molecule has 1 aliphatic heterocycles. The molecular formula is C15H19N3O4S2. The first-order chi connectivity index (χ1) is 11.4. The summed E-state index contributed by atoms with van der Waals surface area (Å²) in [4.78, 5) is 25.0. The Morgan fingerprint density at radius 3 is 2.71 bits per heavy atom. The van der Waals surface area contributed by atoms with Crippen LogP contribution in [-0.2, 0) is 4.79 Å². The molecule has 1 amide bonds. The van der Waals surface area contributed by atoms with Crippen LogP contribution >= 0.6 is 24.0 Å². The summed E-state index contributed by atoms with van der Waals surface area (Å²) in [6, 6.07) is 4.31. The van der Waals surface area contributed by atoms with E-state index < -0.39 is 10.2 Å². The number of benzene rings is 1. The number of nitro groups is 1. The highest BCUT2D eigenvalue weighted by Crippen LogP contribution is 2.30. The minimum atomic E-state index is -0.551. The van der Waals surface area contributed by atoms with Gasteiger partial charge in [0.1, 0.15) is 15.8 Å². The molecule has 0 aromatic heterocycles. The summed E-state index contributed by atoms with van der Waals surface area (Å²) >= 11 is 6.66. The van der Waals surface area contributed by atoms with Gasteiger partial charge in [0.15, 0.2) is 0 Å². The first-order valence-electron chi connectivity index (χ1n) is 7.51. The van der Waals surface area contributed by atoms with Crippen molar-refractivity contribution in [1.82, 2.24) is 4.90 Å². The fourth-order valence-corrected chi connectivity index (χ4v) is 3.72. The third kappa shape index (κ3) is 4.57. The smallest absolute Gasteiger partial charge is 0.296 e. The van der Waals surface area contributed by atoms with Crippen LogP contribution in [0.5, 0.6) is 5.75 Å². The van der Waals surface area contributed by atoms with Gasteiger partial charge in [0.25, 0.3) is 5.69 Å². The number of anilines is 1. The number of hydrogen-bond acceptors (Lipinski definition) is 6. The van der Waals surface area contributed by atoms with E-state index in [1.54, 1.807) is 13.0 Å². The van der Waals surface area contributed by atoms with Crippen molar-refractivity contribution >= 4 is 45.6 Å². The van der Waals surface area contributed by atoms with Gasteiger partial charge in [-0.3, -0.25) is 14.9 Å². The third-order valence-electron chi connectivity index (χ3n) is 3.67. The second-order valence-corrected chi connectivity index (χ2v) is 7.32. The van der Waals surface area contributed by atoms with E-state index in [0.29, 0.717) is 10.1 Å². The highest BCUT2D eigenvalue weighted by atomic mass is 32.2. The summed E-state index contributed by atoms with van der Waals surface area (Å²) < 4.78 is 5.67. The maximum atomic E-state index is 12.3. The summed E-state index contributed by atoms with van der Waals surface area (Å²) in [5, 5.41) is 13.3. The fourth-order valence-electron chi connectivity index (χ4n) is 2.31. The Morgan fingerprint density at radius 2 is 2.12 bits per heavy atom. The third-order valence-corrected chi connectivity index (χ3v) is 5.24. The fraction of sp³-hybridized carbons (Fsp3) is 0.467. The molecule has 1 atom stereocenters. The van der Waals surface area contributed by atoms with Crippen molar-refractivity contribution in [2.75, 3.05) is 25.5 Å². The van der Waals surface area contributed by atoms with Crippen molar-refractivity contribution in [3.63, 3.8) is 0 Å². The summed E-state index contributed by atoms with van der Waals surface area (Å²) in [5.41, 5.74) is -0.0626. The molecule has 0 saturated carbocycles. The van der Waals surface area contributed by atoms with Crippen molar-refractivity contribution in [2.24, 2.45) is 0 Å². The minimum Gasteiger partial charge on any atom is -0.496 e. The van der Waals surface area contributed by atoms with Gasteiger partial charge in [0.2, 0.25) is 5.91 Å². The van der Waals surface area contributed by atoms with E-state index in [0.717, 1.165) is 25.9 Å². The Hall–Kier alpha value is -1.87. The molecule has 2 rings (SSSR count). The molecule has 1 aromatic carbocycles. The molecule has 0 bridgehead atoms. The quantitative estimate of drug-likeness (QED) is 0.485. The number of thiocarbonyl (C=S) groups is 1. The zero-order valence-corrected chi connectivity index (χ0v) is 15.1. The van der Waals surface area contributed by atoms with E-state index >= 15 is 0 Å². The molecule has 9 heteroatoms. The lowest BCUT2D eigenvalue weighted by molar-refractivity contribution is -0.384. The van der Waals surface area contributed by atoms with E-state index in [4.69, 9.17) is 17.0 Å². The van der Waals surface area contributed by atoms with Gasteiger partial charge < -0.3 is 15.0 Å². The number of carbonyl (C=O) groups excluding carboxylic acids is 1. The predicted octanol–water partition coefficient (Wildman–Crippen LogP) is 3.04. The zero-order chi connectivity index (χ0) is 17.7. The van der Waals surface area contributed by atoms with Gasteiger partial charge >= 0.3 is 0 Å². The molecule has 1 saturated heterocycles. The maximum absolute atomic E-state index is 12.3. The Labute approximate surface area is 149 Å². The number of ether oxygens (including phenoxy) is 1. The van der Waals surface area contributed by atoms with Gasteiger partial charge in [-0.05, 0) is 31.9 Å². The first-order valence-corrected chi connectivity index (χ1v) is 8.80. The first kappa shape index (κ1) is 18.5. The zero-order valence-electron chi connectivity index (χ0n) is 13.5. The van der Waals surface area contributed by atoms with E-state index in [9.17, 15) is 14.9 Å². The summed E-state index contributed by atoms with van der Waals surface area (Å²) in [5.74, 6) is 0.0344. The Balaban J connectivity index is 2.03. The lowest BCUT2D eigenvalue weighted by Crippen LogP contribution is -2.29. The van der Waals surface area contributed by atoms with Crippen LogP contribution in [-0.4, -0.2) is 45.5 Å². The van der Waals surface area contributed by atoms with Crippen molar-refractivity contribution < 1.29 is 14.5 Å². The molecule has 0 radical (unpaired) electrons. The largest absolute Gasteiger partial charge is 0.496 e. The maximum Gasteiger partial charge on any atom is 0.296 e. The van der Waals surface area contributed by atoms with Crippen molar-refractivity contribution in [3.8, 4) is 5.75 Å². The van der Waals surface area contributed by atoms with Crippen molar-refractivity contribution in [1.29, 1.82) is 0 Å². The number of thioether (sulfide) groups is 1. The lowest BCUT2D eigenvalue weighted by Gasteiger charge is -2.20. The van der Waals surface area contributed by atoms with Gasteiger partial charge in [-0.15, -0.1) is 0 Å². The van der Waals surface area contributed by atoms with Crippen LogP contribution < -0.4 is 10.1 Å². The predicted molar refractivity (Wildman–Crippen MR) is 98.7 cm³/mol. The van der Waals surface area contributed by atoms with Gasteiger partial charge in [0.05, 0.1) is 23.3 Å². The van der Waals surface area contributed by atoms with Crippen molar-refractivity contribution in [2.45, 2.75) is 25.0 Å². The van der Waals surface area contributed by atoms with Crippen LogP contribution in [0.2, 0.25) is 0 Å². The van der Waals surface area contributed by atoms with Gasteiger partial charge in [-0.2, -0.15) is 0 Å². The number of nitro benzene ring substituents is 1. The number of hydrogen-bond donors (Lipinski definition) is 1. The van der Waals surface area contributed by atoms with Crippen LogP contribution in [0.3, 0.4) is 0 Å². The average Bonchev–Trinajstić information content (AvgIpc) is 3.09. The second-order valence-electron chi connectivity index (χ2n) is 5.35. The topological polar surface area (TPSA) is 84.7 Å². The summed E-state index contributed by atoms with van der Waals surface area (Å²) in [6.07, 6.45) is 2.22. The van der Waals surface area contributed by atoms with Crippen LogP contribution in [0.1, 0.15) is 19.8 Å². The van der Waals surface area contributed by atoms with Crippen LogP contribution in [0, 0.1) is 10.1 Å². The molecule has 7 nitrogen and oxygen atoms in total. The molecular weight excluding hydrogens is 350 g/mol. The van der Waals surface area contributed by atoms with E-state index in [2.05, 4.69) is 10.2 Å². The highest BCUT2D eigenvalue weighted by Gasteiger charge is 2.24. The number of nitrogens with one attached hydrogen (secondary N) is 1. The number of nitrogens with zero attached hydrogens (tertiary/aromatic N) is 2. The standard InChI is InChI=1S/C15H19N3O4S2/c1-10(24-15(23)17-7-3-4-8-17)14(19)16-12-6-5-11(22-2)9-13(12)18(20)21/h5-6,9-10H,3-4,7-8H2,1-2H3,(H,16,19)/t10-/m0/s1. The second kappa shape index (κ2) is 8.29. The Morgan fingerprint density at radius 1 is 1.46 bits per heavy atom. The van der Waals surface area contributed by atoms with Gasteiger partial charge in [-0.1, -0.05) is 24.0 Å². The van der Waals surface area contributed by atoms with E-state index in [-0.39, 0.29) is 17.3 Å². The Bertz CT molecular complexity index is 648. The number of rotatable bonds is 5. The number of likely N-dealkylation sites (tertiary alicyclic amines) is 1. The highest BCUT2D eigenvalue weighted by molar-refractivity contribution is 8.23. The van der Waals surface area contributed by atoms with Gasteiger partial charge in [0, 0.05) is 13.1 Å². The molecule has 1 aliphatic rings. The van der Waals surface area contributed by atoms with Crippen LogP contribution in [0.4, 0.5) is 11.4 Å². The van der Waals surface area contributed by atoms with Crippen LogP contribution in [0.25, 0.3) is 0 Å². The van der Waals surface area contributed by atoms with Crippen molar-refractivity contribution in [3.05, 3.63) is 28.3 Å². The Kier molecular flexibility index (Phi) is 6.38. The SMILES string of the molecule is COc1ccc(NC(=O)[C@H](C)SC(=S)N2CCCC2)c([N+](=O)[O-])c1. The molecule has 0 unspecified atom stereocenters. The number of amides is 1. The summed E-state index contributed by atoms with van der Waals surface area (Å²) in [6.45, 7) is 3.58. The average molecular weight is 369 g/mol. The molecule has 1 heterocycles. The molecule has 0 spiro atoms. The number of methoxy groups -OCH3 is 1. The molecule has 1 N–H and O–H groups in total. The molecule has 1 fully saturated rings. The normalized spacial score (nSPS) is 15.0. The molecule has 24 heavy (non-hydrogen) atoms. The minimum absolute atomic E-state index is 0.144. The molecule has 0 aliphatic carbocycles.